The number of hydrogen-bond donors (Lipinski definition) is 0. The van der Waals surface area contributed by atoms with Gasteiger partial charge in [0.25, 0.3) is 5.56 Å². The van der Waals surface area contributed by atoms with E-state index >= 15 is 0 Å². The van der Waals surface area contributed by atoms with Crippen LogP contribution in [-0.4, -0.2) is 37.4 Å². The molecule has 30 heavy (non-hydrogen) atoms. The van der Waals surface area contributed by atoms with Gasteiger partial charge in [-0.1, -0.05) is 18.2 Å². The second kappa shape index (κ2) is 6.52. The lowest BCUT2D eigenvalue weighted by molar-refractivity contribution is 0.281. The van der Waals surface area contributed by atoms with Crippen molar-refractivity contribution < 1.29 is 0 Å². The van der Waals surface area contributed by atoms with Gasteiger partial charge in [-0.3, -0.25) is 4.79 Å². The summed E-state index contributed by atoms with van der Waals surface area (Å²) in [6, 6.07) is 13.9. The van der Waals surface area contributed by atoms with Gasteiger partial charge in [0.15, 0.2) is 5.65 Å². The van der Waals surface area contributed by atoms with E-state index in [0.717, 1.165) is 54.3 Å². The molecule has 150 valence electrons. The summed E-state index contributed by atoms with van der Waals surface area (Å²) in [5.74, 6) is 1.71. The van der Waals surface area contributed by atoms with Crippen LogP contribution in [-0.2, 0) is 6.54 Å². The van der Waals surface area contributed by atoms with Crippen LogP contribution in [0, 0.1) is 12.8 Å². The summed E-state index contributed by atoms with van der Waals surface area (Å²) in [6.45, 7) is 4.59. The van der Waals surface area contributed by atoms with Crippen LogP contribution < -0.4 is 10.5 Å². The van der Waals surface area contributed by atoms with Gasteiger partial charge in [-0.2, -0.15) is 5.10 Å². The normalized spacial score (nSPS) is 20.4. The Morgan fingerprint density at radius 3 is 2.83 bits per heavy atom. The third kappa shape index (κ3) is 2.65. The fraction of sp³-hybridized carbons (Fsp3) is 0.304. The molecule has 7 nitrogen and oxygen atoms in total. The molecule has 1 fully saturated rings. The molecule has 0 unspecified atom stereocenters. The molecule has 0 aliphatic carbocycles. The van der Waals surface area contributed by atoms with Gasteiger partial charge < -0.3 is 9.47 Å². The topological polar surface area (TPSA) is 68.8 Å². The second-order valence-corrected chi connectivity index (χ2v) is 8.43. The predicted molar refractivity (Wildman–Crippen MR) is 115 cm³/mol. The van der Waals surface area contributed by atoms with Crippen LogP contribution in [0.5, 0.6) is 0 Å². The van der Waals surface area contributed by atoms with E-state index in [0.29, 0.717) is 11.8 Å². The molecule has 5 heterocycles. The number of benzene rings is 1. The quantitative estimate of drug-likeness (QED) is 0.519. The minimum Gasteiger partial charge on any atom is -0.355 e. The lowest BCUT2D eigenvalue weighted by atomic mass is 9.83. The Bertz CT molecular complexity index is 1320. The number of piperidine rings is 1. The highest BCUT2D eigenvalue weighted by atomic mass is 16.1. The van der Waals surface area contributed by atoms with Gasteiger partial charge in [-0.05, 0) is 43.0 Å². The van der Waals surface area contributed by atoms with Gasteiger partial charge in [0.05, 0.1) is 17.3 Å². The molecule has 2 aliphatic rings. The van der Waals surface area contributed by atoms with Gasteiger partial charge in [0.1, 0.15) is 12.1 Å². The van der Waals surface area contributed by atoms with Gasteiger partial charge >= 0.3 is 0 Å². The monoisotopic (exact) mass is 398 g/mol. The van der Waals surface area contributed by atoms with Crippen LogP contribution in [0.25, 0.3) is 16.7 Å². The third-order valence-corrected chi connectivity index (χ3v) is 6.37. The molecule has 0 amide bonds. The number of rotatable bonds is 2. The Balaban J connectivity index is 1.41. The van der Waals surface area contributed by atoms with Crippen molar-refractivity contribution in [2.75, 3.05) is 18.0 Å². The van der Waals surface area contributed by atoms with E-state index in [9.17, 15) is 4.79 Å². The highest BCUT2D eigenvalue weighted by Crippen LogP contribution is 2.38. The van der Waals surface area contributed by atoms with Crippen molar-refractivity contribution in [1.82, 2.24) is 24.3 Å². The summed E-state index contributed by atoms with van der Waals surface area (Å²) in [7, 11) is 0. The Labute approximate surface area is 173 Å². The molecule has 0 N–H and O–H groups in total. The van der Waals surface area contributed by atoms with Gasteiger partial charge in [-0.15, -0.1) is 0 Å². The van der Waals surface area contributed by atoms with Crippen LogP contribution in [0.4, 0.5) is 5.82 Å². The smallest absolute Gasteiger partial charge is 0.250 e. The Hall–Kier alpha value is -3.48. The van der Waals surface area contributed by atoms with E-state index in [1.54, 1.807) is 12.4 Å². The van der Waals surface area contributed by atoms with Crippen molar-refractivity contribution in [3.63, 3.8) is 0 Å². The number of anilines is 1. The Kier molecular flexibility index (Phi) is 3.78. The lowest BCUT2D eigenvalue weighted by Crippen LogP contribution is -2.47. The summed E-state index contributed by atoms with van der Waals surface area (Å²) in [5, 5.41) is 5.59. The maximum atomic E-state index is 12.3. The highest BCUT2D eigenvalue weighted by Gasteiger charge is 2.35. The number of aromatic nitrogens is 5. The molecule has 0 saturated carbocycles. The Morgan fingerprint density at radius 1 is 1.03 bits per heavy atom. The number of hydrogen-bond acceptors (Lipinski definition) is 5. The average Bonchev–Trinajstić information content (AvgIpc) is 3.19. The molecule has 1 saturated heterocycles. The van der Waals surface area contributed by atoms with Gasteiger partial charge in [0.2, 0.25) is 0 Å². The molecule has 4 aromatic rings. The number of fused-ring (bicyclic) bond motifs is 5. The third-order valence-electron chi connectivity index (χ3n) is 6.37. The van der Waals surface area contributed by atoms with Gasteiger partial charge in [0, 0.05) is 37.3 Å². The first-order chi connectivity index (χ1) is 14.7. The first-order valence-electron chi connectivity index (χ1n) is 10.4. The molecule has 3 aromatic heterocycles. The molecule has 1 aromatic carbocycles. The van der Waals surface area contributed by atoms with E-state index in [1.807, 2.05) is 33.6 Å². The minimum absolute atomic E-state index is 0.111. The maximum absolute atomic E-state index is 12.3. The molecule has 2 atom stereocenters. The van der Waals surface area contributed by atoms with Crippen LogP contribution in [0.2, 0.25) is 0 Å². The number of nitrogens with zero attached hydrogens (tertiary/aromatic N) is 6. The highest BCUT2D eigenvalue weighted by molar-refractivity contribution is 5.87. The number of pyridine rings is 1. The molecule has 2 aliphatic heterocycles. The number of aryl methyl sites for hydroxylation is 1. The molecule has 6 rings (SSSR count). The zero-order chi connectivity index (χ0) is 20.2. The van der Waals surface area contributed by atoms with Crippen LogP contribution >= 0.6 is 0 Å². The molecule has 2 bridgehead atoms. The van der Waals surface area contributed by atoms with E-state index in [-0.39, 0.29) is 5.56 Å². The minimum atomic E-state index is 0.111. The summed E-state index contributed by atoms with van der Waals surface area (Å²) < 4.78 is 3.84. The molecule has 0 spiro atoms. The fourth-order valence-electron chi connectivity index (χ4n) is 5.10. The summed E-state index contributed by atoms with van der Waals surface area (Å²) in [6.07, 6.45) is 4.63. The van der Waals surface area contributed by atoms with Crippen molar-refractivity contribution in [1.29, 1.82) is 0 Å². The van der Waals surface area contributed by atoms with Crippen molar-refractivity contribution in [2.24, 2.45) is 5.92 Å². The SMILES string of the molecule is Cc1cccc(-n2ncc3c(N4C[C@H]5C[C@@H](C4)c4cccc(=O)n4C5)ncnc32)c1. The van der Waals surface area contributed by atoms with E-state index < -0.39 is 0 Å². The summed E-state index contributed by atoms with van der Waals surface area (Å²) >= 11 is 0. The van der Waals surface area contributed by atoms with Crippen molar-refractivity contribution in [3.05, 3.63) is 76.6 Å². The van der Waals surface area contributed by atoms with Crippen LogP contribution in [0.15, 0.2) is 59.8 Å². The molecule has 0 radical (unpaired) electrons. The standard InChI is InChI=1S/C23H22N6O/c1-15-4-2-5-18(8-15)29-23-19(10-26-29)22(24-14-25-23)27-11-16-9-17(13-27)20-6-3-7-21(30)28(20)12-16/h2-8,10,14,16-17H,9,11-13H2,1H3/t16-,17+/m1/s1. The fourth-order valence-corrected chi connectivity index (χ4v) is 5.10. The largest absolute Gasteiger partial charge is 0.355 e. The summed E-state index contributed by atoms with van der Waals surface area (Å²) in [4.78, 5) is 23.8. The second-order valence-electron chi connectivity index (χ2n) is 8.43. The van der Waals surface area contributed by atoms with Crippen LogP contribution in [0.3, 0.4) is 0 Å². The van der Waals surface area contributed by atoms with E-state index in [1.165, 1.54) is 5.56 Å². The van der Waals surface area contributed by atoms with Crippen molar-refractivity contribution in [3.8, 4) is 5.69 Å². The maximum Gasteiger partial charge on any atom is 0.250 e. The van der Waals surface area contributed by atoms with Crippen molar-refractivity contribution >= 4 is 16.9 Å². The van der Waals surface area contributed by atoms with Gasteiger partial charge in [-0.25, -0.2) is 14.6 Å². The van der Waals surface area contributed by atoms with E-state index in [4.69, 9.17) is 0 Å². The van der Waals surface area contributed by atoms with Crippen LogP contribution in [0.1, 0.15) is 23.6 Å². The average molecular weight is 398 g/mol. The predicted octanol–water partition coefficient (Wildman–Crippen LogP) is 2.91. The molecular formula is C23H22N6O. The van der Waals surface area contributed by atoms with Crippen molar-refractivity contribution in [2.45, 2.75) is 25.8 Å². The van der Waals surface area contributed by atoms with E-state index in [2.05, 4.69) is 45.1 Å². The zero-order valence-corrected chi connectivity index (χ0v) is 16.8. The Morgan fingerprint density at radius 2 is 1.93 bits per heavy atom. The lowest BCUT2D eigenvalue weighted by Gasteiger charge is -2.43. The molecular weight excluding hydrogens is 376 g/mol. The summed E-state index contributed by atoms with van der Waals surface area (Å²) in [5.41, 5.74) is 4.25. The molecule has 7 heteroatoms. The first kappa shape index (κ1) is 17.4. The first-order valence-corrected chi connectivity index (χ1v) is 10.4. The zero-order valence-electron chi connectivity index (χ0n) is 16.8.